The van der Waals surface area contributed by atoms with E-state index in [0.717, 1.165) is 24.3 Å². The molecule has 28 heavy (non-hydrogen) atoms. The maximum absolute atomic E-state index is 14.2. The molecule has 2 N–H and O–H groups in total. The van der Waals surface area contributed by atoms with Crippen molar-refractivity contribution in [3.8, 4) is 5.75 Å². The second-order valence-electron chi connectivity index (χ2n) is 6.64. The predicted octanol–water partition coefficient (Wildman–Crippen LogP) is 3.17. The fourth-order valence-electron chi connectivity index (χ4n) is 3.29. The van der Waals surface area contributed by atoms with Gasteiger partial charge in [0.05, 0.1) is 12.0 Å². The molecular formula is C20H18F3NO4. The number of carbonyl (C=O) groups excluding carboxylic acids is 1. The largest absolute Gasteiger partial charge is 0.478 e. The smallest absolute Gasteiger partial charge is 0.346 e. The van der Waals surface area contributed by atoms with Gasteiger partial charge in [0, 0.05) is 5.56 Å². The van der Waals surface area contributed by atoms with Gasteiger partial charge < -0.3 is 15.2 Å². The summed E-state index contributed by atoms with van der Waals surface area (Å²) in [6.07, 6.45) is -0.312. The molecule has 0 spiro atoms. The number of ether oxygens (including phenoxy) is 1. The normalized spacial score (nSPS) is 16.0. The first-order valence-electron chi connectivity index (χ1n) is 8.71. The first-order valence-corrected chi connectivity index (χ1v) is 8.71. The molecule has 1 aliphatic rings. The third kappa shape index (κ3) is 3.81. The summed E-state index contributed by atoms with van der Waals surface area (Å²) in [5.41, 5.74) is -1.67. The second-order valence-corrected chi connectivity index (χ2v) is 6.64. The van der Waals surface area contributed by atoms with Gasteiger partial charge in [-0.25, -0.2) is 18.0 Å². The van der Waals surface area contributed by atoms with Crippen LogP contribution in [0, 0.1) is 17.5 Å². The molecule has 0 aromatic heterocycles. The zero-order chi connectivity index (χ0) is 20.3. The quantitative estimate of drug-likeness (QED) is 0.758. The Hall–Kier alpha value is -3.03. The van der Waals surface area contributed by atoms with Crippen molar-refractivity contribution >= 4 is 11.9 Å². The summed E-state index contributed by atoms with van der Waals surface area (Å²) in [6.45, 7) is -0.413. The highest BCUT2D eigenvalue weighted by molar-refractivity contribution is 5.90. The van der Waals surface area contributed by atoms with Gasteiger partial charge in [-0.15, -0.1) is 0 Å². The molecule has 0 heterocycles. The van der Waals surface area contributed by atoms with Gasteiger partial charge in [-0.1, -0.05) is 12.5 Å². The number of carboxylic acid groups (broad SMARTS) is 1. The van der Waals surface area contributed by atoms with Gasteiger partial charge in [0.25, 0.3) is 0 Å². The Kier molecular flexibility index (Phi) is 5.58. The lowest BCUT2D eigenvalue weighted by Crippen LogP contribution is -2.53. The van der Waals surface area contributed by atoms with E-state index in [1.165, 1.54) is 18.2 Å². The minimum absolute atomic E-state index is 0.113. The molecule has 2 aromatic rings. The fraction of sp³-hybridized carbons (Fsp3) is 0.300. The Morgan fingerprint density at radius 1 is 1.07 bits per heavy atom. The number of amides is 1. The van der Waals surface area contributed by atoms with E-state index in [1.807, 2.05) is 0 Å². The number of rotatable bonds is 7. The van der Waals surface area contributed by atoms with Crippen LogP contribution >= 0.6 is 0 Å². The zero-order valence-corrected chi connectivity index (χ0v) is 14.8. The second kappa shape index (κ2) is 7.92. The maximum atomic E-state index is 14.2. The van der Waals surface area contributed by atoms with Crippen LogP contribution in [0.15, 0.2) is 42.5 Å². The average molecular weight is 393 g/mol. The van der Waals surface area contributed by atoms with Crippen LogP contribution in [0.2, 0.25) is 0 Å². The number of hydrogen-bond acceptors (Lipinski definition) is 3. The molecule has 1 fully saturated rings. The van der Waals surface area contributed by atoms with E-state index in [2.05, 4.69) is 5.32 Å². The average Bonchev–Trinajstić information content (AvgIpc) is 2.61. The third-order valence-corrected chi connectivity index (χ3v) is 4.90. The molecule has 0 radical (unpaired) electrons. The van der Waals surface area contributed by atoms with Crippen molar-refractivity contribution in [2.45, 2.75) is 30.8 Å². The van der Waals surface area contributed by atoms with Crippen LogP contribution in [0.1, 0.15) is 24.8 Å². The maximum Gasteiger partial charge on any atom is 0.346 e. The summed E-state index contributed by atoms with van der Waals surface area (Å²) < 4.78 is 46.6. The highest BCUT2D eigenvalue weighted by atomic mass is 19.1. The Labute approximate surface area is 159 Å². The summed E-state index contributed by atoms with van der Waals surface area (Å²) in [5.74, 6) is -4.02. The van der Waals surface area contributed by atoms with Crippen LogP contribution in [-0.2, 0) is 15.0 Å². The first-order chi connectivity index (χ1) is 13.3. The molecule has 1 unspecified atom stereocenters. The lowest BCUT2D eigenvalue weighted by atomic mass is 9.63. The number of halogens is 3. The van der Waals surface area contributed by atoms with Crippen LogP contribution in [0.3, 0.4) is 0 Å². The molecule has 3 rings (SSSR count). The molecule has 0 bridgehead atoms. The highest BCUT2D eigenvalue weighted by Gasteiger charge is 2.49. The van der Waals surface area contributed by atoms with E-state index in [-0.39, 0.29) is 24.2 Å². The van der Waals surface area contributed by atoms with E-state index in [4.69, 9.17) is 4.74 Å². The molecule has 1 atom stereocenters. The van der Waals surface area contributed by atoms with E-state index in [9.17, 15) is 27.9 Å². The number of carboxylic acids is 1. The Morgan fingerprint density at radius 3 is 2.18 bits per heavy atom. The van der Waals surface area contributed by atoms with Crippen molar-refractivity contribution in [3.05, 3.63) is 65.5 Å². The summed E-state index contributed by atoms with van der Waals surface area (Å²) in [6, 6.07) is 8.13. The molecule has 1 aliphatic carbocycles. The van der Waals surface area contributed by atoms with Crippen molar-refractivity contribution in [3.63, 3.8) is 0 Å². The molecule has 5 nitrogen and oxygen atoms in total. The minimum Gasteiger partial charge on any atom is -0.478 e. The van der Waals surface area contributed by atoms with Crippen molar-refractivity contribution in [1.82, 2.24) is 5.32 Å². The molecule has 2 aromatic carbocycles. The fourth-order valence-corrected chi connectivity index (χ4v) is 3.29. The monoisotopic (exact) mass is 393 g/mol. The van der Waals surface area contributed by atoms with Crippen LogP contribution in [0.25, 0.3) is 0 Å². The standard InChI is InChI=1S/C20H18F3NO4/c21-12-5-7-13(8-6-12)28-16(18(25)26)11-24-19(27)20(9-2-10-20)17-14(22)3-1-4-15(17)23/h1,3-8,16H,2,9-11H2,(H,24,27)(H,25,26). The minimum atomic E-state index is -1.45. The van der Waals surface area contributed by atoms with Crippen molar-refractivity contribution in [2.75, 3.05) is 6.54 Å². The van der Waals surface area contributed by atoms with Gasteiger partial charge in [-0.2, -0.15) is 0 Å². The highest BCUT2D eigenvalue weighted by Crippen LogP contribution is 2.46. The van der Waals surface area contributed by atoms with Gasteiger partial charge in [0.15, 0.2) is 0 Å². The summed E-state index contributed by atoms with van der Waals surface area (Å²) in [4.78, 5) is 24.2. The van der Waals surface area contributed by atoms with E-state index in [0.29, 0.717) is 6.42 Å². The topological polar surface area (TPSA) is 75.6 Å². The number of carbonyl (C=O) groups is 2. The van der Waals surface area contributed by atoms with Gasteiger partial charge >= 0.3 is 5.97 Å². The number of aliphatic carboxylic acids is 1. The van der Waals surface area contributed by atoms with Gasteiger partial charge in [-0.05, 0) is 49.2 Å². The van der Waals surface area contributed by atoms with Gasteiger partial charge in [-0.3, -0.25) is 4.79 Å². The number of hydrogen-bond donors (Lipinski definition) is 2. The molecule has 1 saturated carbocycles. The summed E-state index contributed by atoms with van der Waals surface area (Å²) >= 11 is 0. The summed E-state index contributed by atoms with van der Waals surface area (Å²) in [5, 5.41) is 11.8. The Balaban J connectivity index is 1.73. The van der Waals surface area contributed by atoms with Crippen LogP contribution in [0.5, 0.6) is 5.75 Å². The van der Waals surface area contributed by atoms with Crippen LogP contribution in [-0.4, -0.2) is 29.6 Å². The SMILES string of the molecule is O=C(O)C(CNC(=O)C1(c2c(F)cccc2F)CCC1)Oc1ccc(F)cc1. The lowest BCUT2D eigenvalue weighted by Gasteiger charge is -2.41. The van der Waals surface area contributed by atoms with Gasteiger partial charge in [0.2, 0.25) is 12.0 Å². The van der Waals surface area contributed by atoms with Crippen LogP contribution < -0.4 is 10.1 Å². The Morgan fingerprint density at radius 2 is 1.68 bits per heavy atom. The van der Waals surface area contributed by atoms with E-state index >= 15 is 0 Å². The van der Waals surface area contributed by atoms with Crippen molar-refractivity contribution < 1.29 is 32.6 Å². The molecule has 8 heteroatoms. The molecule has 0 saturated heterocycles. The molecule has 0 aliphatic heterocycles. The van der Waals surface area contributed by atoms with Crippen molar-refractivity contribution in [1.29, 1.82) is 0 Å². The van der Waals surface area contributed by atoms with E-state index in [1.54, 1.807) is 0 Å². The summed E-state index contributed by atoms with van der Waals surface area (Å²) in [7, 11) is 0. The van der Waals surface area contributed by atoms with Gasteiger partial charge in [0.1, 0.15) is 23.2 Å². The predicted molar refractivity (Wildman–Crippen MR) is 93.3 cm³/mol. The zero-order valence-electron chi connectivity index (χ0n) is 14.8. The first kappa shape index (κ1) is 19.7. The van der Waals surface area contributed by atoms with Crippen LogP contribution in [0.4, 0.5) is 13.2 Å². The lowest BCUT2D eigenvalue weighted by molar-refractivity contribution is -0.145. The van der Waals surface area contributed by atoms with E-state index < -0.39 is 47.4 Å². The third-order valence-electron chi connectivity index (χ3n) is 4.90. The number of nitrogens with one attached hydrogen (secondary N) is 1. The number of benzene rings is 2. The molecular weight excluding hydrogens is 375 g/mol. The Bertz CT molecular complexity index is 861. The molecule has 148 valence electrons. The van der Waals surface area contributed by atoms with Crippen molar-refractivity contribution in [2.24, 2.45) is 0 Å². The molecule has 1 amide bonds.